The molecule has 0 spiro atoms. The third kappa shape index (κ3) is 3.68. The van der Waals surface area contributed by atoms with E-state index in [4.69, 9.17) is 13.7 Å². The number of carbonyl (C=O) groups is 2. The molecule has 8 nitrogen and oxygen atoms in total. The van der Waals surface area contributed by atoms with Crippen LogP contribution in [0.2, 0.25) is 0 Å². The Bertz CT molecular complexity index is 1230. The molecule has 0 radical (unpaired) electrons. The molecule has 2 aromatic rings. The Labute approximate surface area is 204 Å². The molecule has 4 aliphatic rings. The molecule has 2 aromatic carbocycles. The van der Waals surface area contributed by atoms with Gasteiger partial charge in [0.05, 0.1) is 24.6 Å². The average molecular weight is 499 g/mol. The molecule has 2 saturated heterocycles. The van der Waals surface area contributed by atoms with Gasteiger partial charge in [-0.05, 0) is 24.1 Å². The van der Waals surface area contributed by atoms with Crippen molar-refractivity contribution >= 4 is 22.1 Å². The summed E-state index contributed by atoms with van der Waals surface area (Å²) < 4.78 is 43.4. The first-order valence-corrected chi connectivity index (χ1v) is 13.6. The van der Waals surface area contributed by atoms with Gasteiger partial charge in [0.25, 0.3) is 10.1 Å². The molecular weight excluding hydrogens is 470 g/mol. The Morgan fingerprint density at radius 1 is 0.943 bits per heavy atom. The van der Waals surface area contributed by atoms with Crippen molar-refractivity contribution in [3.05, 3.63) is 71.8 Å². The Morgan fingerprint density at radius 3 is 2.29 bits per heavy atom. The fourth-order valence-electron chi connectivity index (χ4n) is 6.61. The Kier molecular flexibility index (Phi) is 5.47. The summed E-state index contributed by atoms with van der Waals surface area (Å²) in [5, 5.41) is 1.23. The molecule has 35 heavy (non-hydrogen) atoms. The van der Waals surface area contributed by atoms with Gasteiger partial charge in [-0.3, -0.25) is 8.98 Å². The second-order valence-electron chi connectivity index (χ2n) is 9.99. The van der Waals surface area contributed by atoms with E-state index in [9.17, 15) is 18.0 Å². The largest absolute Gasteiger partial charge is 0.456 e. The van der Waals surface area contributed by atoms with Gasteiger partial charge in [-0.1, -0.05) is 48.5 Å². The highest BCUT2D eigenvalue weighted by atomic mass is 32.2. The molecule has 6 atom stereocenters. The maximum atomic E-state index is 13.8. The Hall–Kier alpha value is -2.75. The monoisotopic (exact) mass is 498 g/mol. The molecule has 9 heteroatoms. The van der Waals surface area contributed by atoms with E-state index in [0.717, 1.165) is 18.7 Å². The minimum Gasteiger partial charge on any atom is -0.456 e. The molecule has 2 bridgehead atoms. The quantitative estimate of drug-likeness (QED) is 0.489. The van der Waals surface area contributed by atoms with Crippen LogP contribution in [0.3, 0.4) is 0 Å². The predicted octanol–water partition coefficient (Wildman–Crippen LogP) is 1.37. The fraction of sp³-hybridized carbons (Fsp3) is 0.462. The van der Waals surface area contributed by atoms with Gasteiger partial charge < -0.3 is 14.8 Å². The number of carbonyl (C=O) groups excluding carboxylic acids is 2. The van der Waals surface area contributed by atoms with Gasteiger partial charge in [0, 0.05) is 24.7 Å². The second-order valence-corrected chi connectivity index (χ2v) is 11.7. The van der Waals surface area contributed by atoms with Gasteiger partial charge in [-0.25, -0.2) is 4.79 Å². The van der Waals surface area contributed by atoms with Gasteiger partial charge >= 0.3 is 11.9 Å². The maximum absolute atomic E-state index is 13.8. The number of quaternary nitrogens is 1. The number of hydrogen-bond donors (Lipinski definition) is 1. The molecule has 2 aliphatic heterocycles. The van der Waals surface area contributed by atoms with Crippen LogP contribution in [-0.2, 0) is 34.2 Å². The van der Waals surface area contributed by atoms with Crippen molar-refractivity contribution < 1.29 is 37.0 Å². The lowest BCUT2D eigenvalue weighted by molar-refractivity contribution is -0.668. The van der Waals surface area contributed by atoms with Crippen molar-refractivity contribution in [3.63, 3.8) is 0 Å². The third-order valence-corrected chi connectivity index (χ3v) is 9.95. The van der Waals surface area contributed by atoms with Crippen molar-refractivity contribution in [2.24, 2.45) is 17.8 Å². The lowest BCUT2D eigenvalue weighted by atomic mass is 9.82. The molecular formula is C26H28NO7S+. The van der Waals surface area contributed by atoms with E-state index < -0.39 is 57.0 Å². The zero-order valence-corrected chi connectivity index (χ0v) is 19.9. The second kappa shape index (κ2) is 8.43. The van der Waals surface area contributed by atoms with Crippen LogP contribution in [0.25, 0.3) is 0 Å². The highest BCUT2D eigenvalue weighted by Gasteiger charge is 2.72. The van der Waals surface area contributed by atoms with Crippen LogP contribution in [0.4, 0.5) is 0 Å². The third-order valence-electron chi connectivity index (χ3n) is 8.15. The van der Waals surface area contributed by atoms with E-state index in [1.807, 2.05) is 30.3 Å². The Morgan fingerprint density at radius 2 is 1.60 bits per heavy atom. The summed E-state index contributed by atoms with van der Waals surface area (Å²) in [5.74, 6) is -2.87. The molecule has 0 aromatic heterocycles. The van der Waals surface area contributed by atoms with Gasteiger partial charge in [-0.2, -0.15) is 8.42 Å². The van der Waals surface area contributed by atoms with Crippen molar-refractivity contribution in [3.8, 4) is 0 Å². The number of hydrogen-bond acceptors (Lipinski definition) is 7. The SMILES string of the molecule is O=C(OC1C2CC3C1OS(=O)(=O)C3C2C(=O)OC1(c2ccccc2)CC[NH2+]CC1)c1ccccc1. The number of nitrogens with two attached hydrogens (primary N) is 1. The smallest absolute Gasteiger partial charge is 0.338 e. The van der Waals surface area contributed by atoms with E-state index in [-0.39, 0.29) is 5.92 Å². The van der Waals surface area contributed by atoms with E-state index in [0.29, 0.717) is 24.8 Å². The summed E-state index contributed by atoms with van der Waals surface area (Å²) in [6, 6.07) is 18.2. The zero-order chi connectivity index (χ0) is 24.2. The lowest BCUT2D eigenvalue weighted by Crippen LogP contribution is -2.87. The van der Waals surface area contributed by atoms with E-state index >= 15 is 0 Å². The lowest BCUT2D eigenvalue weighted by Gasteiger charge is -2.38. The zero-order valence-electron chi connectivity index (χ0n) is 19.1. The number of piperidine rings is 1. The van der Waals surface area contributed by atoms with Gasteiger partial charge in [0.2, 0.25) is 0 Å². The normalized spacial score (nSPS) is 33.8. The van der Waals surface area contributed by atoms with Crippen LogP contribution in [0.5, 0.6) is 0 Å². The first kappa shape index (κ1) is 22.7. The van der Waals surface area contributed by atoms with Crippen molar-refractivity contribution in [2.75, 3.05) is 13.1 Å². The molecule has 6 unspecified atom stereocenters. The first-order valence-electron chi connectivity index (χ1n) is 12.2. The molecule has 0 amide bonds. The Balaban J connectivity index is 1.30. The summed E-state index contributed by atoms with van der Waals surface area (Å²) in [5.41, 5.74) is 0.488. The molecule has 2 heterocycles. The molecule has 2 saturated carbocycles. The number of fused-ring (bicyclic) bond motifs is 1. The van der Waals surface area contributed by atoms with E-state index in [2.05, 4.69) is 5.32 Å². The standard InChI is InChI=1S/C26H27NO7S/c28-24(16-7-3-1-4-8-16)32-21-18-15-19-22(21)34-35(30,31)23(19)20(18)25(29)33-26(11-13-27-14-12-26)17-9-5-2-6-10-17/h1-10,18-23,27H,11-15H2/p+1. The van der Waals surface area contributed by atoms with Crippen LogP contribution < -0.4 is 5.32 Å². The summed E-state index contributed by atoms with van der Waals surface area (Å²) in [4.78, 5) is 26.6. The topological polar surface area (TPSA) is 113 Å². The fourth-order valence-corrected chi connectivity index (χ4v) is 8.67. The van der Waals surface area contributed by atoms with Crippen LogP contribution >= 0.6 is 0 Å². The van der Waals surface area contributed by atoms with E-state index in [1.165, 1.54) is 0 Å². The minimum absolute atomic E-state index is 0.369. The molecule has 6 rings (SSSR count). The number of ether oxygens (including phenoxy) is 2. The molecule has 2 aliphatic carbocycles. The summed E-state index contributed by atoms with van der Waals surface area (Å²) in [7, 11) is -3.98. The van der Waals surface area contributed by atoms with Crippen LogP contribution in [0.1, 0.15) is 35.2 Å². The van der Waals surface area contributed by atoms with Gasteiger partial charge in [0.1, 0.15) is 23.1 Å². The number of rotatable bonds is 5. The van der Waals surface area contributed by atoms with Crippen molar-refractivity contribution in [1.29, 1.82) is 0 Å². The van der Waals surface area contributed by atoms with E-state index in [1.54, 1.807) is 30.3 Å². The van der Waals surface area contributed by atoms with Crippen LogP contribution in [0.15, 0.2) is 60.7 Å². The number of esters is 2. The van der Waals surface area contributed by atoms with Crippen molar-refractivity contribution in [1.82, 2.24) is 0 Å². The minimum atomic E-state index is -3.98. The van der Waals surface area contributed by atoms with Crippen LogP contribution in [0, 0.1) is 17.8 Å². The highest BCUT2D eigenvalue weighted by Crippen LogP contribution is 2.59. The van der Waals surface area contributed by atoms with Gasteiger partial charge in [0.15, 0.2) is 0 Å². The van der Waals surface area contributed by atoms with Crippen molar-refractivity contribution in [2.45, 2.75) is 42.3 Å². The predicted molar refractivity (Wildman–Crippen MR) is 123 cm³/mol. The molecule has 4 fully saturated rings. The first-order chi connectivity index (χ1) is 16.9. The summed E-state index contributed by atoms with van der Waals surface area (Å²) >= 11 is 0. The summed E-state index contributed by atoms with van der Waals surface area (Å²) in [6.45, 7) is 1.62. The average Bonchev–Trinajstić information content (AvgIpc) is 3.48. The summed E-state index contributed by atoms with van der Waals surface area (Å²) in [6.07, 6.45) is 0.178. The highest BCUT2D eigenvalue weighted by molar-refractivity contribution is 7.87. The molecule has 184 valence electrons. The van der Waals surface area contributed by atoms with Gasteiger partial charge in [-0.15, -0.1) is 0 Å². The van der Waals surface area contributed by atoms with Crippen LogP contribution in [-0.4, -0.2) is 50.9 Å². The maximum Gasteiger partial charge on any atom is 0.338 e. The number of benzene rings is 2. The molecule has 2 N–H and O–H groups in total.